The van der Waals surface area contributed by atoms with Crippen LogP contribution < -0.4 is 29.0 Å². The van der Waals surface area contributed by atoms with E-state index in [0.717, 1.165) is 5.56 Å². The van der Waals surface area contributed by atoms with Crippen molar-refractivity contribution in [2.75, 3.05) is 28.4 Å². The molecule has 8 heteroatoms. The average molecular weight is 424 g/mol. The molecule has 0 saturated heterocycles. The number of carbonyl (C=O) groups is 1. The van der Waals surface area contributed by atoms with E-state index in [1.165, 1.54) is 21.3 Å². The summed E-state index contributed by atoms with van der Waals surface area (Å²) in [6.07, 6.45) is 1.64. The molecule has 0 bridgehead atoms. The first-order valence-electron chi connectivity index (χ1n) is 9.43. The van der Waals surface area contributed by atoms with Crippen LogP contribution in [0.2, 0.25) is 0 Å². The number of aromatic nitrogens is 1. The maximum absolute atomic E-state index is 12.6. The first-order valence-corrected chi connectivity index (χ1v) is 9.43. The Kier molecular flexibility index (Phi) is 7.16. The van der Waals surface area contributed by atoms with Crippen molar-refractivity contribution in [1.82, 2.24) is 10.3 Å². The number of pyridine rings is 1. The molecule has 8 nitrogen and oxygen atoms in total. The lowest BCUT2D eigenvalue weighted by Crippen LogP contribution is -2.23. The first kappa shape index (κ1) is 21.8. The molecule has 1 heterocycles. The van der Waals surface area contributed by atoms with Gasteiger partial charge in [-0.3, -0.25) is 4.79 Å². The Morgan fingerprint density at radius 2 is 1.58 bits per heavy atom. The van der Waals surface area contributed by atoms with Crippen LogP contribution in [0.15, 0.2) is 54.7 Å². The fraction of sp³-hybridized carbons (Fsp3) is 0.217. The van der Waals surface area contributed by atoms with E-state index in [1.807, 2.05) is 24.3 Å². The van der Waals surface area contributed by atoms with Gasteiger partial charge >= 0.3 is 0 Å². The second kappa shape index (κ2) is 10.2. The van der Waals surface area contributed by atoms with Crippen molar-refractivity contribution in [2.24, 2.45) is 0 Å². The summed E-state index contributed by atoms with van der Waals surface area (Å²) in [4.78, 5) is 16.9. The molecule has 31 heavy (non-hydrogen) atoms. The van der Waals surface area contributed by atoms with E-state index in [4.69, 9.17) is 23.7 Å². The van der Waals surface area contributed by atoms with Crippen LogP contribution in [0.25, 0.3) is 0 Å². The van der Waals surface area contributed by atoms with Crippen molar-refractivity contribution in [3.05, 3.63) is 65.9 Å². The zero-order chi connectivity index (χ0) is 22.2. The van der Waals surface area contributed by atoms with Gasteiger partial charge in [-0.15, -0.1) is 0 Å². The van der Waals surface area contributed by atoms with Gasteiger partial charge in [-0.05, 0) is 29.8 Å². The quantitative estimate of drug-likeness (QED) is 0.558. The molecular weight excluding hydrogens is 400 g/mol. The number of methoxy groups -OCH3 is 4. The SMILES string of the molecule is COc1cccc(Oc2ccc(CNC(=O)c3cc(OC)c(OC)c(OC)c3)cn2)c1. The third kappa shape index (κ3) is 5.36. The number of amides is 1. The molecule has 0 radical (unpaired) electrons. The molecule has 1 N–H and O–H groups in total. The summed E-state index contributed by atoms with van der Waals surface area (Å²) in [5.74, 6) is 2.72. The highest BCUT2D eigenvalue weighted by Gasteiger charge is 2.17. The molecule has 0 aliphatic rings. The van der Waals surface area contributed by atoms with Gasteiger partial charge in [0.25, 0.3) is 5.91 Å². The Morgan fingerprint density at radius 3 is 2.16 bits per heavy atom. The minimum atomic E-state index is -0.282. The maximum Gasteiger partial charge on any atom is 0.251 e. The van der Waals surface area contributed by atoms with E-state index in [1.54, 1.807) is 37.6 Å². The highest BCUT2D eigenvalue weighted by molar-refractivity contribution is 5.95. The highest BCUT2D eigenvalue weighted by Crippen LogP contribution is 2.38. The van der Waals surface area contributed by atoms with Crippen molar-refractivity contribution in [1.29, 1.82) is 0 Å². The first-order chi connectivity index (χ1) is 15.1. The van der Waals surface area contributed by atoms with Crippen LogP contribution in [0.3, 0.4) is 0 Å². The molecule has 0 aliphatic carbocycles. The topological polar surface area (TPSA) is 88.1 Å². The second-order valence-corrected chi connectivity index (χ2v) is 6.38. The normalized spacial score (nSPS) is 10.2. The van der Waals surface area contributed by atoms with E-state index >= 15 is 0 Å². The minimum Gasteiger partial charge on any atom is -0.497 e. The van der Waals surface area contributed by atoms with E-state index in [9.17, 15) is 4.79 Å². The average Bonchev–Trinajstić information content (AvgIpc) is 2.82. The number of rotatable bonds is 9. The van der Waals surface area contributed by atoms with Gasteiger partial charge in [0.1, 0.15) is 11.5 Å². The molecule has 0 unspecified atom stereocenters. The van der Waals surface area contributed by atoms with E-state index in [2.05, 4.69) is 10.3 Å². The van der Waals surface area contributed by atoms with Crippen LogP contribution in [0.4, 0.5) is 0 Å². The van der Waals surface area contributed by atoms with Crippen LogP contribution in [-0.2, 0) is 6.54 Å². The third-order valence-electron chi connectivity index (χ3n) is 4.44. The summed E-state index contributed by atoms with van der Waals surface area (Å²) >= 11 is 0. The lowest BCUT2D eigenvalue weighted by Gasteiger charge is -2.14. The Bertz CT molecular complexity index is 1010. The molecule has 1 amide bonds. The van der Waals surface area contributed by atoms with Crippen LogP contribution in [0.5, 0.6) is 34.6 Å². The number of benzene rings is 2. The standard InChI is InChI=1S/C23H24N2O6/c1-27-17-6-5-7-18(12-17)31-21-9-8-15(13-24-21)14-25-23(26)16-10-19(28-2)22(30-4)20(11-16)29-3/h5-13H,14H2,1-4H3,(H,25,26). The summed E-state index contributed by atoms with van der Waals surface area (Å²) in [5.41, 5.74) is 1.21. The van der Waals surface area contributed by atoms with Crippen molar-refractivity contribution in [3.8, 4) is 34.6 Å². The van der Waals surface area contributed by atoms with Crippen LogP contribution in [0.1, 0.15) is 15.9 Å². The van der Waals surface area contributed by atoms with Crippen LogP contribution in [0, 0.1) is 0 Å². The molecule has 3 rings (SSSR count). The third-order valence-corrected chi connectivity index (χ3v) is 4.44. The van der Waals surface area contributed by atoms with Gasteiger partial charge in [0.2, 0.25) is 11.6 Å². The maximum atomic E-state index is 12.6. The highest BCUT2D eigenvalue weighted by atomic mass is 16.5. The van der Waals surface area contributed by atoms with E-state index < -0.39 is 0 Å². The van der Waals surface area contributed by atoms with Crippen molar-refractivity contribution < 1.29 is 28.5 Å². The lowest BCUT2D eigenvalue weighted by atomic mass is 10.1. The van der Waals surface area contributed by atoms with Gasteiger partial charge in [0.15, 0.2) is 11.5 Å². The predicted molar refractivity (Wildman–Crippen MR) is 115 cm³/mol. The summed E-state index contributed by atoms with van der Waals surface area (Å²) in [6.45, 7) is 0.294. The number of hydrogen-bond acceptors (Lipinski definition) is 7. The van der Waals surface area contributed by atoms with Crippen molar-refractivity contribution in [2.45, 2.75) is 6.54 Å². The summed E-state index contributed by atoms with van der Waals surface area (Å²) < 4.78 is 26.8. The minimum absolute atomic E-state index is 0.282. The number of nitrogens with one attached hydrogen (secondary N) is 1. The Hall–Kier alpha value is -3.94. The van der Waals surface area contributed by atoms with Gasteiger partial charge in [0, 0.05) is 30.4 Å². The van der Waals surface area contributed by atoms with Gasteiger partial charge in [-0.1, -0.05) is 12.1 Å². The molecule has 0 spiro atoms. The Morgan fingerprint density at radius 1 is 0.871 bits per heavy atom. The van der Waals surface area contributed by atoms with Crippen LogP contribution >= 0.6 is 0 Å². The molecular formula is C23H24N2O6. The molecule has 1 aromatic heterocycles. The summed E-state index contributed by atoms with van der Waals surface area (Å²) in [7, 11) is 6.10. The van der Waals surface area contributed by atoms with Gasteiger partial charge in [0.05, 0.1) is 28.4 Å². The van der Waals surface area contributed by atoms with Gasteiger partial charge in [-0.2, -0.15) is 0 Å². The van der Waals surface area contributed by atoms with E-state index in [0.29, 0.717) is 46.7 Å². The molecule has 0 fully saturated rings. The molecule has 3 aromatic rings. The monoisotopic (exact) mass is 424 g/mol. The van der Waals surface area contributed by atoms with Gasteiger partial charge < -0.3 is 29.0 Å². The molecule has 0 aliphatic heterocycles. The Balaban J connectivity index is 1.64. The molecule has 2 aromatic carbocycles. The number of ether oxygens (including phenoxy) is 5. The van der Waals surface area contributed by atoms with E-state index in [-0.39, 0.29) is 5.91 Å². The fourth-order valence-electron chi connectivity index (χ4n) is 2.86. The number of carbonyl (C=O) groups excluding carboxylic acids is 1. The van der Waals surface area contributed by atoms with Crippen molar-refractivity contribution >= 4 is 5.91 Å². The predicted octanol–water partition coefficient (Wildman–Crippen LogP) is 3.84. The molecule has 0 atom stereocenters. The van der Waals surface area contributed by atoms with Gasteiger partial charge in [-0.25, -0.2) is 4.98 Å². The fourth-order valence-corrected chi connectivity index (χ4v) is 2.86. The second-order valence-electron chi connectivity index (χ2n) is 6.38. The summed E-state index contributed by atoms with van der Waals surface area (Å²) in [5, 5.41) is 2.85. The zero-order valence-electron chi connectivity index (χ0n) is 17.8. The zero-order valence-corrected chi connectivity index (χ0v) is 17.8. The number of hydrogen-bond donors (Lipinski definition) is 1. The van der Waals surface area contributed by atoms with Crippen LogP contribution in [-0.4, -0.2) is 39.3 Å². The molecule has 162 valence electrons. The smallest absolute Gasteiger partial charge is 0.251 e. The lowest BCUT2D eigenvalue weighted by molar-refractivity contribution is 0.0950. The summed E-state index contributed by atoms with van der Waals surface area (Å²) in [6, 6.07) is 14.0. The number of nitrogens with zero attached hydrogens (tertiary/aromatic N) is 1. The molecule has 0 saturated carbocycles. The van der Waals surface area contributed by atoms with Crippen molar-refractivity contribution in [3.63, 3.8) is 0 Å². The largest absolute Gasteiger partial charge is 0.497 e. The Labute approximate surface area is 180 Å².